The highest BCUT2D eigenvalue weighted by atomic mass is 35.5. The van der Waals surface area contributed by atoms with Crippen LogP contribution in [0.4, 0.5) is 11.8 Å². The molecule has 1 aromatic rings. The number of anilines is 2. The van der Waals surface area contributed by atoms with E-state index >= 15 is 0 Å². The molecule has 0 amide bonds. The Hall–Kier alpha value is -1.03. The van der Waals surface area contributed by atoms with Crippen LogP contribution in [-0.4, -0.2) is 23.1 Å². The molecule has 0 spiro atoms. The minimum atomic E-state index is 0.483. The van der Waals surface area contributed by atoms with Crippen LogP contribution in [0.15, 0.2) is 6.20 Å². The molecule has 1 aromatic heterocycles. The first kappa shape index (κ1) is 11.5. The topological polar surface area (TPSA) is 49.8 Å². The van der Waals surface area contributed by atoms with E-state index < -0.39 is 0 Å². The van der Waals surface area contributed by atoms with Crippen molar-refractivity contribution in [1.82, 2.24) is 9.97 Å². The van der Waals surface area contributed by atoms with E-state index in [4.69, 9.17) is 11.6 Å². The van der Waals surface area contributed by atoms with Crippen LogP contribution in [0.5, 0.6) is 0 Å². The van der Waals surface area contributed by atoms with Crippen LogP contribution in [0, 0.1) is 5.92 Å². The molecule has 0 radical (unpaired) electrons. The molecule has 2 rings (SSSR count). The summed E-state index contributed by atoms with van der Waals surface area (Å²) in [6, 6.07) is 0.483. The van der Waals surface area contributed by atoms with Crippen molar-refractivity contribution in [2.45, 2.75) is 32.2 Å². The number of rotatable bonds is 3. The van der Waals surface area contributed by atoms with Crippen LogP contribution in [-0.2, 0) is 0 Å². The minimum Gasteiger partial charge on any atom is -0.366 e. The largest absolute Gasteiger partial charge is 0.366 e. The molecule has 5 heteroatoms. The molecule has 0 aromatic carbocycles. The van der Waals surface area contributed by atoms with Crippen LogP contribution < -0.4 is 10.6 Å². The van der Waals surface area contributed by atoms with E-state index in [1.54, 1.807) is 13.2 Å². The van der Waals surface area contributed by atoms with E-state index in [1.807, 2.05) is 0 Å². The Morgan fingerprint density at radius 1 is 1.44 bits per heavy atom. The third-order valence-electron chi connectivity index (χ3n) is 3.15. The van der Waals surface area contributed by atoms with Gasteiger partial charge < -0.3 is 10.6 Å². The smallest absolute Gasteiger partial charge is 0.224 e. The molecule has 1 heterocycles. The van der Waals surface area contributed by atoms with Crippen molar-refractivity contribution in [3.05, 3.63) is 11.2 Å². The summed E-state index contributed by atoms with van der Waals surface area (Å²) in [5, 5.41) is 6.90. The van der Waals surface area contributed by atoms with Crippen molar-refractivity contribution in [3.8, 4) is 0 Å². The lowest BCUT2D eigenvalue weighted by Crippen LogP contribution is -2.22. The Labute approximate surface area is 101 Å². The van der Waals surface area contributed by atoms with Gasteiger partial charge >= 0.3 is 0 Å². The van der Waals surface area contributed by atoms with Gasteiger partial charge in [0.2, 0.25) is 5.95 Å². The molecule has 16 heavy (non-hydrogen) atoms. The van der Waals surface area contributed by atoms with Gasteiger partial charge in [0, 0.05) is 13.1 Å². The SMILES string of the molecule is CNc1ncc(Cl)c(NC2CCCC2C)n1. The average Bonchev–Trinajstić information content (AvgIpc) is 2.68. The maximum atomic E-state index is 6.06. The third kappa shape index (κ3) is 2.38. The number of hydrogen-bond donors (Lipinski definition) is 2. The summed E-state index contributed by atoms with van der Waals surface area (Å²) in [7, 11) is 1.80. The Kier molecular flexibility index (Phi) is 3.49. The van der Waals surface area contributed by atoms with E-state index in [2.05, 4.69) is 27.5 Å². The van der Waals surface area contributed by atoms with Gasteiger partial charge in [-0.15, -0.1) is 0 Å². The van der Waals surface area contributed by atoms with Crippen LogP contribution in [0.3, 0.4) is 0 Å². The molecule has 4 nitrogen and oxygen atoms in total. The van der Waals surface area contributed by atoms with Gasteiger partial charge in [-0.3, -0.25) is 0 Å². The summed E-state index contributed by atoms with van der Waals surface area (Å²) in [4.78, 5) is 8.38. The molecule has 0 aliphatic heterocycles. The van der Waals surface area contributed by atoms with Gasteiger partial charge in [-0.1, -0.05) is 24.9 Å². The molecule has 0 bridgehead atoms. The monoisotopic (exact) mass is 240 g/mol. The van der Waals surface area contributed by atoms with Gasteiger partial charge in [0.25, 0.3) is 0 Å². The van der Waals surface area contributed by atoms with Crippen molar-refractivity contribution in [2.75, 3.05) is 17.7 Å². The molecule has 2 N–H and O–H groups in total. The summed E-state index contributed by atoms with van der Waals surface area (Å²) >= 11 is 6.06. The van der Waals surface area contributed by atoms with Gasteiger partial charge in [0.1, 0.15) is 5.02 Å². The number of nitrogens with zero attached hydrogens (tertiary/aromatic N) is 2. The van der Waals surface area contributed by atoms with E-state index in [0.29, 0.717) is 22.9 Å². The van der Waals surface area contributed by atoms with Gasteiger partial charge in [-0.05, 0) is 18.8 Å². The summed E-state index contributed by atoms with van der Waals surface area (Å²) in [5.41, 5.74) is 0. The van der Waals surface area contributed by atoms with Gasteiger partial charge in [-0.2, -0.15) is 4.98 Å². The second kappa shape index (κ2) is 4.87. The van der Waals surface area contributed by atoms with Crippen LogP contribution >= 0.6 is 11.6 Å². The fourth-order valence-corrected chi connectivity index (χ4v) is 2.27. The molecule has 1 aliphatic rings. The van der Waals surface area contributed by atoms with Crippen LogP contribution in [0.25, 0.3) is 0 Å². The lowest BCUT2D eigenvalue weighted by atomic mass is 10.1. The van der Waals surface area contributed by atoms with Gasteiger partial charge in [0.05, 0.1) is 6.20 Å². The molecule has 88 valence electrons. The number of halogens is 1. The van der Waals surface area contributed by atoms with Crippen molar-refractivity contribution < 1.29 is 0 Å². The van der Waals surface area contributed by atoms with Crippen LogP contribution in [0.2, 0.25) is 5.02 Å². The second-order valence-corrected chi connectivity index (χ2v) is 4.71. The molecule has 2 atom stereocenters. The van der Waals surface area contributed by atoms with Crippen molar-refractivity contribution in [3.63, 3.8) is 0 Å². The lowest BCUT2D eigenvalue weighted by Gasteiger charge is -2.18. The second-order valence-electron chi connectivity index (χ2n) is 4.30. The summed E-state index contributed by atoms with van der Waals surface area (Å²) in [5.74, 6) is 2.02. The number of nitrogens with one attached hydrogen (secondary N) is 2. The fourth-order valence-electron chi connectivity index (χ4n) is 2.12. The molecule has 1 saturated carbocycles. The molecule has 1 aliphatic carbocycles. The molecule has 1 fully saturated rings. The highest BCUT2D eigenvalue weighted by molar-refractivity contribution is 6.32. The fraction of sp³-hybridized carbons (Fsp3) is 0.636. The Morgan fingerprint density at radius 3 is 2.88 bits per heavy atom. The molecular weight excluding hydrogens is 224 g/mol. The standard InChI is InChI=1S/C11H17ClN4/c1-7-4-3-5-9(7)15-10-8(12)6-14-11(13-2)16-10/h6-7,9H,3-5H2,1-2H3,(H2,13,14,15,16). The lowest BCUT2D eigenvalue weighted by molar-refractivity contribution is 0.555. The zero-order chi connectivity index (χ0) is 11.5. The van der Waals surface area contributed by atoms with Crippen LogP contribution in [0.1, 0.15) is 26.2 Å². The number of aromatic nitrogens is 2. The third-order valence-corrected chi connectivity index (χ3v) is 3.43. The summed E-state index contributed by atoms with van der Waals surface area (Å²) in [6.45, 7) is 2.26. The molecule has 2 unspecified atom stereocenters. The Balaban J connectivity index is 2.13. The van der Waals surface area contributed by atoms with E-state index in [1.165, 1.54) is 19.3 Å². The Morgan fingerprint density at radius 2 is 2.25 bits per heavy atom. The maximum absolute atomic E-state index is 6.06. The Bertz CT molecular complexity index is 369. The number of hydrogen-bond acceptors (Lipinski definition) is 4. The first-order chi connectivity index (χ1) is 7.70. The maximum Gasteiger partial charge on any atom is 0.224 e. The zero-order valence-electron chi connectivity index (χ0n) is 9.63. The van der Waals surface area contributed by atoms with Crippen molar-refractivity contribution >= 4 is 23.4 Å². The molecule has 0 saturated heterocycles. The van der Waals surface area contributed by atoms with E-state index in [-0.39, 0.29) is 0 Å². The zero-order valence-corrected chi connectivity index (χ0v) is 10.4. The van der Waals surface area contributed by atoms with Gasteiger partial charge in [-0.25, -0.2) is 4.98 Å². The highest BCUT2D eigenvalue weighted by Gasteiger charge is 2.24. The predicted octanol–water partition coefficient (Wildman–Crippen LogP) is 2.77. The predicted molar refractivity (Wildman–Crippen MR) is 67.0 cm³/mol. The summed E-state index contributed by atoms with van der Waals surface area (Å²) in [6.07, 6.45) is 5.37. The van der Waals surface area contributed by atoms with Crippen molar-refractivity contribution in [1.29, 1.82) is 0 Å². The first-order valence-corrected chi connectivity index (χ1v) is 6.05. The van der Waals surface area contributed by atoms with E-state index in [9.17, 15) is 0 Å². The normalized spacial score (nSPS) is 24.4. The molecular formula is C11H17ClN4. The van der Waals surface area contributed by atoms with Crippen molar-refractivity contribution in [2.24, 2.45) is 5.92 Å². The quantitative estimate of drug-likeness (QED) is 0.853. The van der Waals surface area contributed by atoms with E-state index in [0.717, 1.165) is 5.82 Å². The summed E-state index contributed by atoms with van der Waals surface area (Å²) < 4.78 is 0. The highest BCUT2D eigenvalue weighted by Crippen LogP contribution is 2.29. The first-order valence-electron chi connectivity index (χ1n) is 5.67. The van der Waals surface area contributed by atoms with Gasteiger partial charge in [0.15, 0.2) is 5.82 Å². The average molecular weight is 241 g/mol. The minimum absolute atomic E-state index is 0.483.